The predicted molar refractivity (Wildman–Crippen MR) is 59.3 cm³/mol. The van der Waals surface area contributed by atoms with Crippen LogP contribution < -0.4 is 0 Å². The first-order valence-corrected chi connectivity index (χ1v) is 5.80. The summed E-state index contributed by atoms with van der Waals surface area (Å²) < 4.78 is 5.61. The van der Waals surface area contributed by atoms with Crippen molar-refractivity contribution in [1.82, 2.24) is 10.2 Å². The van der Waals surface area contributed by atoms with Gasteiger partial charge in [-0.15, -0.1) is 5.10 Å². The Morgan fingerprint density at radius 1 is 1.33 bits per heavy atom. The summed E-state index contributed by atoms with van der Waals surface area (Å²) in [5.74, 6) is 0. The third-order valence-electron chi connectivity index (χ3n) is 2.47. The first-order chi connectivity index (χ1) is 7.25. The fraction of sp³-hybridized carbons (Fsp3) is 0.600. The minimum absolute atomic E-state index is 0.255. The molecule has 1 aliphatic heterocycles. The molecular formula is C10H12Cl2N2O. The Morgan fingerprint density at radius 3 is 2.87 bits per heavy atom. The summed E-state index contributed by atoms with van der Waals surface area (Å²) in [6.45, 7) is 0.847. The van der Waals surface area contributed by atoms with Crippen molar-refractivity contribution < 1.29 is 4.74 Å². The Hall–Kier alpha value is -0.380. The number of hydrogen-bond acceptors (Lipinski definition) is 3. The largest absolute Gasteiger partial charge is 0.378 e. The maximum absolute atomic E-state index is 5.86. The lowest BCUT2D eigenvalue weighted by atomic mass is 10.0. The molecule has 0 spiro atoms. The molecule has 1 fully saturated rings. The maximum Gasteiger partial charge on any atom is 0.170 e. The minimum atomic E-state index is 0.255. The second-order valence-electron chi connectivity index (χ2n) is 3.67. The third kappa shape index (κ3) is 3.03. The van der Waals surface area contributed by atoms with Gasteiger partial charge < -0.3 is 4.74 Å². The van der Waals surface area contributed by atoms with E-state index in [0.29, 0.717) is 5.02 Å². The molecule has 1 aromatic rings. The van der Waals surface area contributed by atoms with E-state index in [0.717, 1.165) is 31.6 Å². The van der Waals surface area contributed by atoms with E-state index in [9.17, 15) is 0 Å². The van der Waals surface area contributed by atoms with Crippen LogP contribution in [-0.2, 0) is 11.2 Å². The molecule has 1 atom stereocenters. The van der Waals surface area contributed by atoms with E-state index in [-0.39, 0.29) is 11.3 Å². The summed E-state index contributed by atoms with van der Waals surface area (Å²) in [6, 6.07) is 1.76. The van der Waals surface area contributed by atoms with Gasteiger partial charge in [0.1, 0.15) is 0 Å². The zero-order valence-corrected chi connectivity index (χ0v) is 9.76. The molecule has 0 N–H and O–H groups in total. The lowest BCUT2D eigenvalue weighted by Crippen LogP contribution is -2.21. The number of ether oxygens (including phenoxy) is 1. The van der Waals surface area contributed by atoms with E-state index >= 15 is 0 Å². The Kier molecular flexibility index (Phi) is 3.78. The zero-order chi connectivity index (χ0) is 10.7. The van der Waals surface area contributed by atoms with Crippen LogP contribution in [0.15, 0.2) is 6.07 Å². The second-order valence-corrected chi connectivity index (χ2v) is 4.43. The van der Waals surface area contributed by atoms with E-state index in [1.165, 1.54) is 6.42 Å². The van der Waals surface area contributed by atoms with Gasteiger partial charge in [-0.25, -0.2) is 0 Å². The normalized spacial score (nSPS) is 21.6. The SMILES string of the molecule is Clc1cc(CC2CCCCO2)nnc1Cl. The molecule has 0 amide bonds. The monoisotopic (exact) mass is 246 g/mol. The van der Waals surface area contributed by atoms with Crippen LogP contribution in [-0.4, -0.2) is 22.9 Å². The van der Waals surface area contributed by atoms with Crippen LogP contribution in [0.25, 0.3) is 0 Å². The minimum Gasteiger partial charge on any atom is -0.378 e. The van der Waals surface area contributed by atoms with Crippen molar-refractivity contribution in [2.24, 2.45) is 0 Å². The molecule has 0 aromatic carbocycles. The quantitative estimate of drug-likeness (QED) is 0.805. The van der Waals surface area contributed by atoms with Gasteiger partial charge in [0.2, 0.25) is 0 Å². The number of nitrogens with zero attached hydrogens (tertiary/aromatic N) is 2. The summed E-state index contributed by atoms with van der Waals surface area (Å²) in [7, 11) is 0. The van der Waals surface area contributed by atoms with Gasteiger partial charge in [0.25, 0.3) is 0 Å². The molecular weight excluding hydrogens is 235 g/mol. The molecule has 1 aliphatic rings. The van der Waals surface area contributed by atoms with E-state index in [2.05, 4.69) is 10.2 Å². The molecule has 1 unspecified atom stereocenters. The van der Waals surface area contributed by atoms with Gasteiger partial charge in [0, 0.05) is 13.0 Å². The van der Waals surface area contributed by atoms with E-state index < -0.39 is 0 Å². The summed E-state index contributed by atoms with van der Waals surface area (Å²) >= 11 is 11.5. The van der Waals surface area contributed by atoms with Crippen LogP contribution in [0.5, 0.6) is 0 Å². The summed E-state index contributed by atoms with van der Waals surface area (Å²) in [5, 5.41) is 8.47. The van der Waals surface area contributed by atoms with Crippen molar-refractivity contribution in [1.29, 1.82) is 0 Å². The zero-order valence-electron chi connectivity index (χ0n) is 8.25. The van der Waals surface area contributed by atoms with Gasteiger partial charge in [-0.2, -0.15) is 5.10 Å². The van der Waals surface area contributed by atoms with Crippen LogP contribution >= 0.6 is 23.2 Å². The molecule has 0 radical (unpaired) electrons. The maximum atomic E-state index is 5.86. The highest BCUT2D eigenvalue weighted by Crippen LogP contribution is 2.21. The van der Waals surface area contributed by atoms with Gasteiger partial charge >= 0.3 is 0 Å². The summed E-state index contributed by atoms with van der Waals surface area (Å²) in [5.41, 5.74) is 0.844. The third-order valence-corrected chi connectivity index (χ3v) is 3.13. The van der Waals surface area contributed by atoms with Gasteiger partial charge in [-0.3, -0.25) is 0 Å². The fourth-order valence-corrected chi connectivity index (χ4v) is 1.95. The van der Waals surface area contributed by atoms with Crippen molar-refractivity contribution in [2.75, 3.05) is 6.61 Å². The molecule has 2 heterocycles. The Labute approximate surface area is 98.7 Å². The highest BCUT2D eigenvalue weighted by molar-refractivity contribution is 6.41. The van der Waals surface area contributed by atoms with Crippen molar-refractivity contribution in [3.8, 4) is 0 Å². The number of halogens is 2. The molecule has 1 aromatic heterocycles. The second kappa shape index (κ2) is 5.10. The van der Waals surface area contributed by atoms with Gasteiger partial charge in [-0.05, 0) is 25.3 Å². The Bertz CT molecular complexity index is 340. The van der Waals surface area contributed by atoms with Crippen LogP contribution in [0, 0.1) is 0 Å². The molecule has 0 saturated carbocycles. The van der Waals surface area contributed by atoms with Crippen molar-refractivity contribution in [3.63, 3.8) is 0 Å². The standard InChI is InChI=1S/C10H12Cl2N2O/c11-9-6-7(13-14-10(9)12)5-8-3-1-2-4-15-8/h6,8H,1-5H2. The Balaban J connectivity index is 2.00. The predicted octanol–water partition coefficient (Wildman–Crippen LogP) is 2.90. The van der Waals surface area contributed by atoms with Crippen molar-refractivity contribution >= 4 is 23.2 Å². The first kappa shape index (κ1) is 11.1. The van der Waals surface area contributed by atoms with E-state index in [4.69, 9.17) is 27.9 Å². The van der Waals surface area contributed by atoms with Crippen LogP contribution in [0.3, 0.4) is 0 Å². The topological polar surface area (TPSA) is 35.0 Å². The molecule has 82 valence electrons. The lowest BCUT2D eigenvalue weighted by molar-refractivity contribution is 0.0161. The van der Waals surface area contributed by atoms with Gasteiger partial charge in [0.15, 0.2) is 5.15 Å². The summed E-state index contributed by atoms with van der Waals surface area (Å²) in [4.78, 5) is 0. The molecule has 0 aliphatic carbocycles. The molecule has 15 heavy (non-hydrogen) atoms. The van der Waals surface area contributed by atoms with Crippen LogP contribution in [0.4, 0.5) is 0 Å². The van der Waals surface area contributed by atoms with Gasteiger partial charge in [0.05, 0.1) is 16.8 Å². The van der Waals surface area contributed by atoms with Crippen molar-refractivity contribution in [2.45, 2.75) is 31.8 Å². The smallest absolute Gasteiger partial charge is 0.170 e. The van der Waals surface area contributed by atoms with Crippen molar-refractivity contribution in [3.05, 3.63) is 21.9 Å². The van der Waals surface area contributed by atoms with E-state index in [1.54, 1.807) is 6.07 Å². The number of rotatable bonds is 2. The average molecular weight is 247 g/mol. The van der Waals surface area contributed by atoms with Gasteiger partial charge in [-0.1, -0.05) is 23.2 Å². The molecule has 1 saturated heterocycles. The fourth-order valence-electron chi connectivity index (χ4n) is 1.69. The molecule has 0 bridgehead atoms. The number of aromatic nitrogens is 2. The van der Waals surface area contributed by atoms with Crippen LogP contribution in [0.2, 0.25) is 10.2 Å². The average Bonchev–Trinajstić information content (AvgIpc) is 2.25. The first-order valence-electron chi connectivity index (χ1n) is 5.05. The Morgan fingerprint density at radius 2 is 2.20 bits per heavy atom. The number of hydrogen-bond donors (Lipinski definition) is 0. The highest BCUT2D eigenvalue weighted by atomic mass is 35.5. The summed E-state index contributed by atoms with van der Waals surface area (Å²) in [6.07, 6.45) is 4.49. The van der Waals surface area contributed by atoms with Crippen LogP contribution in [0.1, 0.15) is 25.0 Å². The van der Waals surface area contributed by atoms with E-state index in [1.807, 2.05) is 0 Å². The lowest BCUT2D eigenvalue weighted by Gasteiger charge is -2.21. The molecule has 3 nitrogen and oxygen atoms in total. The molecule has 2 rings (SSSR count). The molecule has 5 heteroatoms. The highest BCUT2D eigenvalue weighted by Gasteiger charge is 2.15.